The number of rotatable bonds is 10. The Balaban J connectivity index is 1.73. The molecule has 1 aliphatic rings. The summed E-state index contributed by atoms with van der Waals surface area (Å²) in [6.07, 6.45) is 2.42. The van der Waals surface area contributed by atoms with E-state index >= 15 is 0 Å². The average molecular weight is 437 g/mol. The molecule has 1 fully saturated rings. The van der Waals surface area contributed by atoms with Gasteiger partial charge in [0.1, 0.15) is 0 Å². The second-order valence-corrected chi connectivity index (χ2v) is 9.19. The van der Waals surface area contributed by atoms with Crippen LogP contribution in [0.15, 0.2) is 53.4 Å². The lowest BCUT2D eigenvalue weighted by Crippen LogP contribution is -2.31. The van der Waals surface area contributed by atoms with Crippen molar-refractivity contribution < 1.29 is 17.9 Å². The Morgan fingerprint density at radius 1 is 1.21 bits per heavy atom. The average Bonchev–Trinajstić information content (AvgIpc) is 3.53. The highest BCUT2D eigenvalue weighted by Gasteiger charge is 2.25. The molecule has 1 aliphatic carbocycles. The van der Waals surface area contributed by atoms with Crippen molar-refractivity contribution in [2.45, 2.75) is 24.7 Å². The molecule has 6 nitrogen and oxygen atoms in total. The van der Waals surface area contributed by atoms with Crippen molar-refractivity contribution in [3.8, 4) is 0 Å². The van der Waals surface area contributed by atoms with Gasteiger partial charge in [0.05, 0.1) is 27.8 Å². The van der Waals surface area contributed by atoms with Crippen molar-refractivity contribution in [3.05, 3.63) is 59.1 Å². The van der Waals surface area contributed by atoms with E-state index in [9.17, 15) is 13.2 Å². The van der Waals surface area contributed by atoms with E-state index in [4.69, 9.17) is 16.3 Å². The zero-order valence-corrected chi connectivity index (χ0v) is 17.9. The first-order valence-electron chi connectivity index (χ1n) is 9.66. The van der Waals surface area contributed by atoms with Crippen molar-refractivity contribution in [2.75, 3.05) is 30.6 Å². The highest BCUT2D eigenvalue weighted by Crippen LogP contribution is 2.29. The summed E-state index contributed by atoms with van der Waals surface area (Å²) in [7, 11) is -3.84. The summed E-state index contributed by atoms with van der Waals surface area (Å²) in [6.45, 7) is 3.49. The van der Waals surface area contributed by atoms with Crippen LogP contribution in [0.25, 0.3) is 0 Å². The molecule has 0 aromatic heterocycles. The third kappa shape index (κ3) is 5.50. The largest absolute Gasteiger partial charge is 0.379 e. The lowest BCUT2D eigenvalue weighted by Gasteiger charge is -2.23. The minimum atomic E-state index is -3.84. The molecule has 0 unspecified atom stereocenters. The van der Waals surface area contributed by atoms with E-state index in [1.165, 1.54) is 35.3 Å². The van der Waals surface area contributed by atoms with Gasteiger partial charge in [0.15, 0.2) is 0 Å². The predicted octanol–water partition coefficient (Wildman–Crippen LogP) is 3.71. The fraction of sp³-hybridized carbons (Fsp3) is 0.381. The van der Waals surface area contributed by atoms with Crippen molar-refractivity contribution in [2.24, 2.45) is 5.92 Å². The van der Waals surface area contributed by atoms with Crippen LogP contribution in [-0.4, -0.2) is 40.6 Å². The Labute approximate surface area is 176 Å². The number of sulfonamides is 1. The van der Waals surface area contributed by atoms with Gasteiger partial charge in [-0.3, -0.25) is 9.10 Å². The summed E-state index contributed by atoms with van der Waals surface area (Å²) in [6, 6.07) is 13.0. The second kappa shape index (κ2) is 9.61. The Hall–Kier alpha value is -2.09. The molecule has 29 heavy (non-hydrogen) atoms. The van der Waals surface area contributed by atoms with Gasteiger partial charge in [0.25, 0.3) is 15.9 Å². The molecule has 0 atom stereocenters. The summed E-state index contributed by atoms with van der Waals surface area (Å²) in [5.74, 6) is 0.234. The van der Waals surface area contributed by atoms with Crippen LogP contribution < -0.4 is 9.62 Å². The highest BCUT2D eigenvalue weighted by molar-refractivity contribution is 7.92. The first-order valence-corrected chi connectivity index (χ1v) is 11.5. The second-order valence-electron chi connectivity index (χ2n) is 6.92. The van der Waals surface area contributed by atoms with Gasteiger partial charge >= 0.3 is 0 Å². The first-order chi connectivity index (χ1) is 13.9. The fourth-order valence-corrected chi connectivity index (χ4v) is 4.62. The van der Waals surface area contributed by atoms with E-state index < -0.39 is 15.9 Å². The molecule has 156 valence electrons. The number of halogens is 1. The third-order valence-electron chi connectivity index (χ3n) is 4.68. The third-order valence-corrected chi connectivity index (χ3v) is 6.91. The number of nitrogens with one attached hydrogen (secondary N) is 1. The van der Waals surface area contributed by atoms with Gasteiger partial charge in [-0.15, -0.1) is 0 Å². The first kappa shape index (κ1) is 21.6. The standard InChI is InChI=1S/C21H25ClN2O4S/c1-2-24(17-6-4-3-5-7-17)29(26,27)18-10-11-20(22)19(14-18)21(25)23-12-13-28-15-16-8-9-16/h3-7,10-11,14,16H,2,8-9,12-13,15H2,1H3,(H,23,25). The Kier molecular flexibility index (Phi) is 7.16. The molecule has 0 heterocycles. The molecule has 8 heteroatoms. The molecule has 3 rings (SSSR count). The molecule has 0 aliphatic heterocycles. The number of benzene rings is 2. The fourth-order valence-electron chi connectivity index (χ4n) is 2.92. The van der Waals surface area contributed by atoms with Gasteiger partial charge in [-0.05, 0) is 56.0 Å². The molecule has 1 amide bonds. The molecule has 0 bridgehead atoms. The molecule has 0 saturated heterocycles. The Morgan fingerprint density at radius 2 is 1.93 bits per heavy atom. The van der Waals surface area contributed by atoms with E-state index in [0.29, 0.717) is 24.8 Å². The lowest BCUT2D eigenvalue weighted by atomic mass is 10.2. The maximum absolute atomic E-state index is 13.2. The number of para-hydroxylation sites is 1. The van der Waals surface area contributed by atoms with Crippen molar-refractivity contribution in [1.82, 2.24) is 5.32 Å². The maximum Gasteiger partial charge on any atom is 0.264 e. The van der Waals surface area contributed by atoms with Crippen LogP contribution in [0.4, 0.5) is 5.69 Å². The quantitative estimate of drug-likeness (QED) is 0.576. The Bertz CT molecular complexity index is 946. The number of ether oxygens (including phenoxy) is 1. The van der Waals surface area contributed by atoms with Crippen molar-refractivity contribution in [1.29, 1.82) is 0 Å². The Morgan fingerprint density at radius 3 is 2.59 bits per heavy atom. The van der Waals surface area contributed by atoms with Gasteiger partial charge in [-0.25, -0.2) is 8.42 Å². The zero-order chi connectivity index (χ0) is 20.9. The normalized spacial score (nSPS) is 13.9. The lowest BCUT2D eigenvalue weighted by molar-refractivity contribution is 0.0906. The molecule has 2 aromatic carbocycles. The van der Waals surface area contributed by atoms with Gasteiger partial charge < -0.3 is 10.1 Å². The van der Waals surface area contributed by atoms with Crippen LogP contribution in [0.1, 0.15) is 30.1 Å². The van der Waals surface area contributed by atoms with Crippen LogP contribution in [0, 0.1) is 5.92 Å². The van der Waals surface area contributed by atoms with Gasteiger partial charge in [0.2, 0.25) is 0 Å². The van der Waals surface area contributed by atoms with Gasteiger partial charge in [0, 0.05) is 19.7 Å². The predicted molar refractivity (Wildman–Crippen MR) is 114 cm³/mol. The minimum Gasteiger partial charge on any atom is -0.379 e. The summed E-state index contributed by atoms with van der Waals surface area (Å²) in [5, 5.41) is 2.93. The SMILES string of the molecule is CCN(c1ccccc1)S(=O)(=O)c1ccc(Cl)c(C(=O)NCCOCC2CC2)c1. The van der Waals surface area contributed by atoms with Crippen molar-refractivity contribution >= 4 is 33.2 Å². The van der Waals surface area contributed by atoms with Crippen LogP contribution >= 0.6 is 11.6 Å². The molecular formula is C21H25ClN2O4S. The zero-order valence-electron chi connectivity index (χ0n) is 16.3. The smallest absolute Gasteiger partial charge is 0.264 e. The minimum absolute atomic E-state index is 0.0164. The number of amides is 1. The van der Waals surface area contributed by atoms with E-state index in [1.54, 1.807) is 31.2 Å². The van der Waals surface area contributed by atoms with Crippen LogP contribution in [0.2, 0.25) is 5.02 Å². The summed E-state index contributed by atoms with van der Waals surface area (Å²) < 4.78 is 33.1. The van der Waals surface area contributed by atoms with Crippen LogP contribution in [-0.2, 0) is 14.8 Å². The molecule has 0 radical (unpaired) electrons. The highest BCUT2D eigenvalue weighted by atomic mass is 35.5. The molecule has 1 saturated carbocycles. The number of hydrogen-bond acceptors (Lipinski definition) is 4. The number of carbonyl (C=O) groups is 1. The maximum atomic E-state index is 13.2. The molecule has 2 aromatic rings. The number of anilines is 1. The summed E-state index contributed by atoms with van der Waals surface area (Å²) in [5.41, 5.74) is 0.683. The molecular weight excluding hydrogens is 412 g/mol. The van der Waals surface area contributed by atoms with Crippen molar-refractivity contribution in [3.63, 3.8) is 0 Å². The summed E-state index contributed by atoms with van der Waals surface area (Å²) in [4.78, 5) is 12.5. The number of nitrogens with zero attached hydrogens (tertiary/aromatic N) is 1. The number of carbonyl (C=O) groups excluding carboxylic acids is 1. The van der Waals surface area contributed by atoms with E-state index in [0.717, 1.165) is 6.61 Å². The molecule has 1 N–H and O–H groups in total. The van der Waals surface area contributed by atoms with Gasteiger partial charge in [-0.1, -0.05) is 29.8 Å². The topological polar surface area (TPSA) is 75.7 Å². The van der Waals surface area contributed by atoms with Gasteiger partial charge in [-0.2, -0.15) is 0 Å². The van der Waals surface area contributed by atoms with E-state index in [1.807, 2.05) is 6.07 Å². The van der Waals surface area contributed by atoms with E-state index in [2.05, 4.69) is 5.32 Å². The van der Waals surface area contributed by atoms with E-state index in [-0.39, 0.29) is 22.0 Å². The summed E-state index contributed by atoms with van der Waals surface area (Å²) >= 11 is 6.16. The van der Waals surface area contributed by atoms with Crippen LogP contribution in [0.5, 0.6) is 0 Å². The monoisotopic (exact) mass is 436 g/mol. The molecule has 0 spiro atoms. The number of hydrogen-bond donors (Lipinski definition) is 1. The van der Waals surface area contributed by atoms with Crippen LogP contribution in [0.3, 0.4) is 0 Å².